The monoisotopic (exact) mass is 583 g/mol. The number of aromatic hydroxyl groups is 1. The first-order valence-corrected chi connectivity index (χ1v) is 11.5. The molecule has 1 aromatic rings. The molecule has 4 rings (SSSR count). The highest BCUT2D eigenvalue weighted by Gasteiger charge is 2.69. The first-order valence-electron chi connectivity index (χ1n) is 10.5. The summed E-state index contributed by atoms with van der Waals surface area (Å²) in [5, 5.41) is 24.4. The number of nitrogens with one attached hydrogen (secondary N) is 1. The van der Waals surface area contributed by atoms with Crippen LogP contribution in [-0.4, -0.2) is 76.3 Å². The number of hydrogen-bond donors (Lipinski definition) is 4. The molecule has 1 aromatic carbocycles. The van der Waals surface area contributed by atoms with Crippen LogP contribution >= 0.6 is 22.6 Å². The minimum atomic E-state index is -2.77. The van der Waals surface area contributed by atoms with Crippen LogP contribution in [-0.2, 0) is 30.4 Å². The molecule has 3 aliphatic rings. The number of phenolic OH excluding ortho intramolecular Hbond substituents is 1. The molecule has 2 fully saturated rings. The Morgan fingerprint density at radius 2 is 1.91 bits per heavy atom. The van der Waals surface area contributed by atoms with E-state index in [-0.39, 0.29) is 24.1 Å². The summed E-state index contributed by atoms with van der Waals surface area (Å²) in [5.74, 6) is -11.1. The summed E-state index contributed by atoms with van der Waals surface area (Å²) in [6, 6.07) is 0.346. The Labute approximate surface area is 207 Å². The smallest absolute Gasteiger partial charge is 0.235 e. The maximum Gasteiger partial charge on any atom is 0.235 e. The van der Waals surface area contributed by atoms with E-state index < -0.39 is 70.1 Å². The van der Waals surface area contributed by atoms with Crippen LogP contribution in [0.3, 0.4) is 0 Å². The van der Waals surface area contributed by atoms with Gasteiger partial charge in [0.2, 0.25) is 12.3 Å². The standard InChI is InChI=1S/C22H22IN3O8/c1-26(2)15-9-4-7-3-8-10(23)5-11(25-6-27)16(28)13(8)17(29)12(7)19(31)22(9,34)20(32)14(18(15)30)21(24)33/h5-7,9,12,14-15,28,34H,3-4H2,1-2H3,(H2,24,33)(H,25,27)/t7?,9?,12?,14?,15-,22-/m0/s1. The Bertz CT molecular complexity index is 1180. The fourth-order valence-corrected chi connectivity index (χ4v) is 6.60. The molecule has 0 bridgehead atoms. The summed E-state index contributed by atoms with van der Waals surface area (Å²) in [6.45, 7) is 0. The second-order valence-electron chi connectivity index (χ2n) is 9.16. The molecular formula is C22H22IN3O8. The van der Waals surface area contributed by atoms with Crippen molar-refractivity contribution in [1.29, 1.82) is 0 Å². The van der Waals surface area contributed by atoms with E-state index >= 15 is 0 Å². The Balaban J connectivity index is 1.88. The Morgan fingerprint density at radius 3 is 2.47 bits per heavy atom. The molecule has 2 saturated carbocycles. The SMILES string of the molecule is CN(C)[C@@H]1C(=O)C(C(N)=O)C(=O)[C@@]2(O)C(=O)C3C(=O)c4c(O)c(NC=O)cc(I)c4CC3CC12. The lowest BCUT2D eigenvalue weighted by molar-refractivity contribution is -0.181. The Kier molecular flexibility index (Phi) is 5.89. The summed E-state index contributed by atoms with van der Waals surface area (Å²) >= 11 is 1.95. The van der Waals surface area contributed by atoms with Gasteiger partial charge in [-0.25, -0.2) is 0 Å². The van der Waals surface area contributed by atoms with Gasteiger partial charge in [-0.1, -0.05) is 0 Å². The fraction of sp³-hybridized carbons (Fsp3) is 0.455. The molecule has 12 heteroatoms. The van der Waals surface area contributed by atoms with Crippen LogP contribution in [0.1, 0.15) is 22.3 Å². The molecular weight excluding hydrogens is 561 g/mol. The van der Waals surface area contributed by atoms with E-state index in [1.165, 1.54) is 25.1 Å². The summed E-state index contributed by atoms with van der Waals surface area (Å²) in [7, 11) is 3.05. The molecule has 0 heterocycles. The van der Waals surface area contributed by atoms with Gasteiger partial charge < -0.3 is 21.3 Å². The van der Waals surface area contributed by atoms with Crippen molar-refractivity contribution < 1.29 is 39.0 Å². The second-order valence-corrected chi connectivity index (χ2v) is 10.3. The maximum absolute atomic E-state index is 13.7. The lowest BCUT2D eigenvalue weighted by atomic mass is 9.52. The molecule has 11 nitrogen and oxygen atoms in total. The van der Waals surface area contributed by atoms with Crippen molar-refractivity contribution in [2.45, 2.75) is 24.5 Å². The van der Waals surface area contributed by atoms with Gasteiger partial charge in [0.25, 0.3) is 0 Å². The molecule has 0 aliphatic heterocycles. The Hall–Kier alpha value is -2.71. The molecule has 6 atom stereocenters. The summed E-state index contributed by atoms with van der Waals surface area (Å²) < 4.78 is 0.573. The zero-order chi connectivity index (χ0) is 25.3. The number of likely N-dealkylation sites (N-methyl/N-ethyl adjacent to an activating group) is 1. The topological polar surface area (TPSA) is 184 Å². The van der Waals surface area contributed by atoms with Crippen LogP contribution < -0.4 is 11.1 Å². The molecule has 2 amide bonds. The number of carbonyl (C=O) groups is 6. The van der Waals surface area contributed by atoms with Crippen LogP contribution in [0, 0.1) is 27.2 Å². The lowest BCUT2D eigenvalue weighted by Gasteiger charge is -2.52. The molecule has 180 valence electrons. The van der Waals surface area contributed by atoms with Crippen molar-refractivity contribution >= 4 is 63.7 Å². The predicted octanol–water partition coefficient (Wildman–Crippen LogP) is -0.960. The third-order valence-electron chi connectivity index (χ3n) is 7.22. The van der Waals surface area contributed by atoms with E-state index in [4.69, 9.17) is 5.73 Å². The van der Waals surface area contributed by atoms with Crippen molar-refractivity contribution in [2.75, 3.05) is 19.4 Å². The molecule has 5 N–H and O–H groups in total. The number of phenols is 1. The van der Waals surface area contributed by atoms with Gasteiger partial charge in [-0.2, -0.15) is 0 Å². The van der Waals surface area contributed by atoms with Gasteiger partial charge in [0, 0.05) is 9.49 Å². The van der Waals surface area contributed by atoms with E-state index in [1.807, 2.05) is 22.6 Å². The van der Waals surface area contributed by atoms with E-state index in [9.17, 15) is 39.0 Å². The summed E-state index contributed by atoms with van der Waals surface area (Å²) in [6.07, 6.45) is 0.476. The lowest BCUT2D eigenvalue weighted by Crippen LogP contribution is -2.74. The number of nitrogens with zero attached hydrogens (tertiary/aromatic N) is 1. The summed E-state index contributed by atoms with van der Waals surface area (Å²) in [4.78, 5) is 77.7. The normalized spacial score (nSPS) is 32.7. The Morgan fingerprint density at radius 1 is 1.26 bits per heavy atom. The van der Waals surface area contributed by atoms with Crippen molar-refractivity contribution in [3.63, 3.8) is 0 Å². The van der Waals surface area contributed by atoms with Gasteiger partial charge in [-0.05, 0) is 67.1 Å². The number of aliphatic hydroxyl groups is 1. The third-order valence-corrected chi connectivity index (χ3v) is 8.18. The first-order chi connectivity index (χ1) is 15.9. The molecule has 0 radical (unpaired) electrons. The summed E-state index contributed by atoms with van der Waals surface area (Å²) in [5.41, 5.74) is 2.81. The molecule has 34 heavy (non-hydrogen) atoms. The van der Waals surface area contributed by atoms with Gasteiger partial charge in [-0.15, -0.1) is 0 Å². The maximum atomic E-state index is 13.7. The van der Waals surface area contributed by atoms with Crippen LogP contribution in [0.4, 0.5) is 5.69 Å². The average Bonchev–Trinajstić information content (AvgIpc) is 2.74. The van der Waals surface area contributed by atoms with Gasteiger partial charge in [0.15, 0.2) is 34.7 Å². The number of benzene rings is 1. The molecule has 0 aromatic heterocycles. The third kappa shape index (κ3) is 3.15. The number of amides is 2. The van der Waals surface area contributed by atoms with Crippen LogP contribution in [0.5, 0.6) is 5.75 Å². The van der Waals surface area contributed by atoms with Gasteiger partial charge in [-0.3, -0.25) is 33.7 Å². The van der Waals surface area contributed by atoms with E-state index in [0.29, 0.717) is 15.5 Å². The predicted molar refractivity (Wildman–Crippen MR) is 124 cm³/mol. The first kappa shape index (κ1) is 24.4. The van der Waals surface area contributed by atoms with Crippen LogP contribution in [0.25, 0.3) is 0 Å². The number of nitrogens with two attached hydrogens (primary N) is 1. The molecule has 3 aliphatic carbocycles. The van der Waals surface area contributed by atoms with Crippen LogP contribution in [0.15, 0.2) is 6.07 Å². The number of ketones is 4. The minimum Gasteiger partial charge on any atom is -0.505 e. The van der Waals surface area contributed by atoms with Gasteiger partial charge in [0.1, 0.15) is 5.75 Å². The number of rotatable bonds is 4. The van der Waals surface area contributed by atoms with E-state index in [1.54, 1.807) is 0 Å². The number of hydrogen-bond acceptors (Lipinski definition) is 9. The van der Waals surface area contributed by atoms with Crippen molar-refractivity contribution in [2.24, 2.45) is 29.4 Å². The van der Waals surface area contributed by atoms with E-state index in [0.717, 1.165) is 0 Å². The molecule has 4 unspecified atom stereocenters. The van der Waals surface area contributed by atoms with Crippen LogP contribution in [0.2, 0.25) is 0 Å². The highest BCUT2D eigenvalue weighted by Crippen LogP contribution is 2.51. The number of Topliss-reactive ketones (excluding diaryl/α,β-unsaturated/α-hetero) is 4. The van der Waals surface area contributed by atoms with Gasteiger partial charge in [0.05, 0.1) is 23.2 Å². The zero-order valence-electron chi connectivity index (χ0n) is 18.2. The molecule has 0 saturated heterocycles. The quantitative estimate of drug-likeness (QED) is 0.150. The number of fused-ring (bicyclic) bond motifs is 3. The molecule has 0 spiro atoms. The van der Waals surface area contributed by atoms with Crippen molar-refractivity contribution in [3.05, 3.63) is 20.8 Å². The minimum absolute atomic E-state index is 0.0188. The van der Waals surface area contributed by atoms with Crippen molar-refractivity contribution in [3.8, 4) is 5.75 Å². The second kappa shape index (κ2) is 8.20. The van der Waals surface area contributed by atoms with Crippen molar-refractivity contribution in [1.82, 2.24) is 4.90 Å². The number of carbonyl (C=O) groups excluding carboxylic acids is 6. The zero-order valence-corrected chi connectivity index (χ0v) is 20.4. The largest absolute Gasteiger partial charge is 0.505 e. The van der Waals surface area contributed by atoms with Gasteiger partial charge >= 0.3 is 0 Å². The highest BCUT2D eigenvalue weighted by molar-refractivity contribution is 14.1. The fourth-order valence-electron chi connectivity index (χ4n) is 5.80. The highest BCUT2D eigenvalue weighted by atomic mass is 127. The average molecular weight is 583 g/mol. The van der Waals surface area contributed by atoms with E-state index in [2.05, 4.69) is 5.32 Å². The number of primary amides is 1. The number of anilines is 1. The number of halogens is 1.